The second-order valence-corrected chi connectivity index (χ2v) is 7.94. The molecule has 0 bridgehead atoms. The van der Waals surface area contributed by atoms with Crippen molar-refractivity contribution in [3.05, 3.63) is 44.9 Å². The molecule has 4 aromatic rings. The SMILES string of the molecule is CCn1cc(-c2cnn3c(N)c(Br)c(C4CCc5c(O)[nH]c(=O)n5C4)nc23)cn1. The predicted molar refractivity (Wildman–Crippen MR) is 110 cm³/mol. The zero-order chi connectivity index (χ0) is 20.3. The van der Waals surface area contributed by atoms with E-state index >= 15 is 0 Å². The Bertz CT molecular complexity index is 1300. The van der Waals surface area contributed by atoms with Gasteiger partial charge in [-0.15, -0.1) is 0 Å². The lowest BCUT2D eigenvalue weighted by molar-refractivity contribution is 0.414. The second kappa shape index (κ2) is 6.48. The Hall–Kier alpha value is -3.08. The number of nitrogen functional groups attached to an aromatic ring is 1. The monoisotopic (exact) mass is 458 g/mol. The molecule has 10 nitrogen and oxygen atoms in total. The van der Waals surface area contributed by atoms with E-state index in [4.69, 9.17) is 10.7 Å². The van der Waals surface area contributed by atoms with Crippen LogP contribution in [0.1, 0.15) is 30.7 Å². The highest BCUT2D eigenvalue weighted by molar-refractivity contribution is 9.10. The van der Waals surface area contributed by atoms with Gasteiger partial charge in [0.15, 0.2) is 5.65 Å². The van der Waals surface area contributed by atoms with E-state index in [-0.39, 0.29) is 17.5 Å². The number of nitrogens with one attached hydrogen (secondary N) is 1. The van der Waals surface area contributed by atoms with E-state index in [1.165, 1.54) is 0 Å². The third-order valence-corrected chi connectivity index (χ3v) is 6.32. The fraction of sp³-hybridized carbons (Fsp3) is 0.333. The minimum Gasteiger partial charge on any atom is -0.493 e. The van der Waals surface area contributed by atoms with Crippen LogP contribution in [0.5, 0.6) is 5.88 Å². The maximum atomic E-state index is 12.1. The topological polar surface area (TPSA) is 132 Å². The summed E-state index contributed by atoms with van der Waals surface area (Å²) in [5.74, 6) is 0.369. The molecular weight excluding hydrogens is 440 g/mol. The quantitative estimate of drug-likeness (QED) is 0.429. The van der Waals surface area contributed by atoms with Gasteiger partial charge in [-0.2, -0.15) is 14.7 Å². The molecule has 29 heavy (non-hydrogen) atoms. The lowest BCUT2D eigenvalue weighted by Gasteiger charge is -2.24. The van der Waals surface area contributed by atoms with Gasteiger partial charge in [0.05, 0.1) is 28.3 Å². The van der Waals surface area contributed by atoms with Crippen molar-refractivity contribution in [1.29, 1.82) is 0 Å². The lowest BCUT2D eigenvalue weighted by atomic mass is 9.94. The van der Waals surface area contributed by atoms with Crippen molar-refractivity contribution in [3.8, 4) is 17.0 Å². The number of nitrogens with two attached hydrogens (primary N) is 1. The van der Waals surface area contributed by atoms with Crippen molar-refractivity contribution < 1.29 is 5.11 Å². The molecule has 5 rings (SSSR count). The summed E-state index contributed by atoms with van der Waals surface area (Å²) in [6, 6.07) is 0. The number of hydrogen-bond acceptors (Lipinski definition) is 6. The number of imidazole rings is 1. The number of hydrogen-bond donors (Lipinski definition) is 3. The number of anilines is 1. The summed E-state index contributed by atoms with van der Waals surface area (Å²) in [7, 11) is 0. The van der Waals surface area contributed by atoms with E-state index in [9.17, 15) is 9.90 Å². The maximum absolute atomic E-state index is 12.1. The van der Waals surface area contributed by atoms with E-state index in [1.807, 2.05) is 17.8 Å². The molecule has 4 aromatic heterocycles. The number of nitrogens with zero attached hydrogens (tertiary/aromatic N) is 6. The summed E-state index contributed by atoms with van der Waals surface area (Å²) < 4.78 is 5.69. The minimum absolute atomic E-state index is 0.0295. The summed E-state index contributed by atoms with van der Waals surface area (Å²) in [6.07, 6.45) is 6.79. The molecule has 0 fully saturated rings. The van der Waals surface area contributed by atoms with Gasteiger partial charge >= 0.3 is 5.69 Å². The van der Waals surface area contributed by atoms with Gasteiger partial charge in [0.2, 0.25) is 5.88 Å². The summed E-state index contributed by atoms with van der Waals surface area (Å²) >= 11 is 3.57. The van der Waals surface area contributed by atoms with Gasteiger partial charge in [-0.25, -0.2) is 9.78 Å². The smallest absolute Gasteiger partial charge is 0.328 e. The van der Waals surface area contributed by atoms with Crippen LogP contribution in [0.4, 0.5) is 5.82 Å². The Kier molecular flexibility index (Phi) is 4.02. The van der Waals surface area contributed by atoms with Gasteiger partial charge in [-0.1, -0.05) is 0 Å². The average molecular weight is 459 g/mol. The van der Waals surface area contributed by atoms with Crippen LogP contribution in [0.2, 0.25) is 0 Å². The third-order valence-electron chi connectivity index (χ3n) is 5.51. The Morgan fingerprint density at radius 1 is 1.38 bits per heavy atom. The standard InChI is InChI=1S/C18H19BrN8O2/c1-2-25-7-10(5-21-25)11-6-22-27-15(20)13(19)14(23-16(11)27)9-3-4-12-17(28)24-18(29)26(12)8-9/h5-7,9,28H,2-4,8,20H2,1H3,(H,24,29). The first-order chi connectivity index (χ1) is 14.0. The summed E-state index contributed by atoms with van der Waals surface area (Å²) in [4.78, 5) is 19.5. The maximum Gasteiger partial charge on any atom is 0.328 e. The highest BCUT2D eigenvalue weighted by Gasteiger charge is 2.29. The van der Waals surface area contributed by atoms with Crippen LogP contribution in [0.15, 0.2) is 27.9 Å². The van der Waals surface area contributed by atoms with Crippen molar-refractivity contribution in [1.82, 2.24) is 33.9 Å². The van der Waals surface area contributed by atoms with Gasteiger partial charge in [0.1, 0.15) is 5.82 Å². The number of fused-ring (bicyclic) bond motifs is 2. The molecule has 0 amide bonds. The molecule has 1 unspecified atom stereocenters. The molecule has 1 aliphatic heterocycles. The van der Waals surface area contributed by atoms with Gasteiger partial charge in [-0.05, 0) is 35.7 Å². The molecule has 1 aliphatic rings. The van der Waals surface area contributed by atoms with Crippen molar-refractivity contribution in [2.24, 2.45) is 0 Å². The zero-order valence-corrected chi connectivity index (χ0v) is 17.2. The second-order valence-electron chi connectivity index (χ2n) is 7.15. The van der Waals surface area contributed by atoms with Crippen molar-refractivity contribution >= 4 is 27.4 Å². The van der Waals surface area contributed by atoms with Gasteiger partial charge in [0.25, 0.3) is 0 Å². The van der Waals surface area contributed by atoms with Crippen LogP contribution < -0.4 is 11.4 Å². The first-order valence-electron chi connectivity index (χ1n) is 9.34. The molecule has 150 valence electrons. The van der Waals surface area contributed by atoms with E-state index < -0.39 is 0 Å². The molecule has 0 aromatic carbocycles. The number of H-pyrrole nitrogens is 1. The zero-order valence-electron chi connectivity index (χ0n) is 15.6. The van der Waals surface area contributed by atoms with Crippen LogP contribution >= 0.6 is 15.9 Å². The van der Waals surface area contributed by atoms with Gasteiger partial charge in [-0.3, -0.25) is 14.2 Å². The number of rotatable bonds is 3. The molecule has 5 heterocycles. The summed E-state index contributed by atoms with van der Waals surface area (Å²) in [5, 5.41) is 18.6. The average Bonchev–Trinajstić information content (AvgIpc) is 3.42. The first-order valence-corrected chi connectivity index (χ1v) is 10.1. The first kappa shape index (κ1) is 18.0. The number of aromatic nitrogens is 7. The molecule has 0 radical (unpaired) electrons. The van der Waals surface area contributed by atoms with Crippen LogP contribution in [0.25, 0.3) is 16.8 Å². The van der Waals surface area contributed by atoms with E-state index in [2.05, 4.69) is 31.1 Å². The molecule has 0 saturated heterocycles. The van der Waals surface area contributed by atoms with Crippen molar-refractivity contribution in [3.63, 3.8) is 0 Å². The molecule has 0 aliphatic carbocycles. The molecule has 0 saturated carbocycles. The van der Waals surface area contributed by atoms with E-state index in [1.54, 1.807) is 21.5 Å². The molecular formula is C18H19BrN8O2. The number of halogens is 1. The number of aromatic hydroxyl groups is 1. The van der Waals surface area contributed by atoms with Crippen LogP contribution in [0.3, 0.4) is 0 Å². The largest absolute Gasteiger partial charge is 0.493 e. The van der Waals surface area contributed by atoms with Crippen LogP contribution in [0, 0.1) is 0 Å². The van der Waals surface area contributed by atoms with E-state index in [0.717, 1.165) is 29.8 Å². The fourth-order valence-corrected chi connectivity index (χ4v) is 4.53. The summed E-state index contributed by atoms with van der Waals surface area (Å²) in [6.45, 7) is 3.22. The highest BCUT2D eigenvalue weighted by Crippen LogP contribution is 2.37. The Morgan fingerprint density at radius 2 is 2.21 bits per heavy atom. The normalized spacial score (nSPS) is 16.4. The minimum atomic E-state index is -0.315. The molecule has 0 spiro atoms. The van der Waals surface area contributed by atoms with Crippen molar-refractivity contribution in [2.45, 2.75) is 38.8 Å². The predicted octanol–water partition coefficient (Wildman–Crippen LogP) is 1.88. The summed E-state index contributed by atoms with van der Waals surface area (Å²) in [5.41, 5.74) is 9.86. The molecule has 4 N–H and O–H groups in total. The molecule has 1 atom stereocenters. The fourth-order valence-electron chi connectivity index (χ4n) is 3.95. The van der Waals surface area contributed by atoms with E-state index in [0.29, 0.717) is 34.6 Å². The molecule has 11 heteroatoms. The third kappa shape index (κ3) is 2.68. The Balaban J connectivity index is 1.63. The van der Waals surface area contributed by atoms with Gasteiger partial charge in [0, 0.05) is 36.3 Å². The Morgan fingerprint density at radius 3 is 2.97 bits per heavy atom. The number of aryl methyl sites for hydroxylation is 1. The van der Waals surface area contributed by atoms with Gasteiger partial charge < -0.3 is 10.8 Å². The Labute approximate surface area is 173 Å². The number of aromatic amines is 1. The van der Waals surface area contributed by atoms with Crippen LogP contribution in [-0.4, -0.2) is 39.0 Å². The lowest BCUT2D eigenvalue weighted by Crippen LogP contribution is -2.27. The van der Waals surface area contributed by atoms with Crippen LogP contribution in [-0.2, 0) is 19.5 Å². The highest BCUT2D eigenvalue weighted by atomic mass is 79.9. The van der Waals surface area contributed by atoms with Crippen molar-refractivity contribution in [2.75, 3.05) is 5.73 Å².